The fourth-order valence-electron chi connectivity index (χ4n) is 2.75. The Bertz CT molecular complexity index is 1050. The first-order valence-corrected chi connectivity index (χ1v) is 8.07. The van der Waals surface area contributed by atoms with Gasteiger partial charge in [0.1, 0.15) is 0 Å². The summed E-state index contributed by atoms with van der Waals surface area (Å²) in [6.45, 7) is 0. The molecule has 0 saturated heterocycles. The maximum atomic E-state index is 10.9. The number of hydrogen-bond acceptors (Lipinski definition) is 4. The number of oxazole rings is 1. The van der Waals surface area contributed by atoms with Crippen molar-refractivity contribution >= 4 is 5.69 Å². The highest BCUT2D eigenvalue weighted by molar-refractivity contribution is 5.69. The van der Waals surface area contributed by atoms with Crippen molar-refractivity contribution in [2.75, 3.05) is 0 Å². The molecule has 5 nitrogen and oxygen atoms in total. The summed E-state index contributed by atoms with van der Waals surface area (Å²) in [5.74, 6) is 0.974. The van der Waals surface area contributed by atoms with Crippen molar-refractivity contribution < 1.29 is 9.34 Å². The summed E-state index contributed by atoms with van der Waals surface area (Å²) in [6, 6.07) is 24.4. The van der Waals surface area contributed by atoms with E-state index in [0.29, 0.717) is 17.2 Å². The SMILES string of the molecule is O=[N+]([O-])c1cccc(-c2ncc(-c3ccc(-c4ccccc4)cc3)o2)c1. The molecule has 0 aliphatic heterocycles. The molecule has 0 unspecified atom stereocenters. The van der Waals surface area contributed by atoms with Gasteiger partial charge >= 0.3 is 0 Å². The molecule has 0 aliphatic rings. The van der Waals surface area contributed by atoms with E-state index in [2.05, 4.69) is 17.1 Å². The van der Waals surface area contributed by atoms with Gasteiger partial charge in [-0.15, -0.1) is 0 Å². The molecule has 0 atom stereocenters. The average Bonchev–Trinajstić information content (AvgIpc) is 3.19. The number of aromatic nitrogens is 1. The van der Waals surface area contributed by atoms with Gasteiger partial charge in [-0.2, -0.15) is 0 Å². The van der Waals surface area contributed by atoms with Crippen LogP contribution >= 0.6 is 0 Å². The van der Waals surface area contributed by atoms with Crippen LogP contribution in [0.3, 0.4) is 0 Å². The van der Waals surface area contributed by atoms with Crippen LogP contribution < -0.4 is 0 Å². The van der Waals surface area contributed by atoms with Crippen LogP contribution in [0.2, 0.25) is 0 Å². The van der Waals surface area contributed by atoms with Gasteiger partial charge in [-0.25, -0.2) is 4.98 Å². The minimum atomic E-state index is -0.435. The Morgan fingerprint density at radius 2 is 1.42 bits per heavy atom. The molecule has 0 N–H and O–H groups in total. The van der Waals surface area contributed by atoms with E-state index in [0.717, 1.165) is 16.7 Å². The summed E-state index contributed by atoms with van der Waals surface area (Å²) in [5, 5.41) is 10.9. The first-order chi connectivity index (χ1) is 12.7. The highest BCUT2D eigenvalue weighted by Gasteiger charge is 2.12. The molecule has 0 spiro atoms. The fraction of sp³-hybridized carbons (Fsp3) is 0. The van der Waals surface area contributed by atoms with Gasteiger partial charge in [-0.3, -0.25) is 10.1 Å². The van der Waals surface area contributed by atoms with Crippen LogP contribution in [0, 0.1) is 10.1 Å². The molecule has 0 fully saturated rings. The molecule has 0 saturated carbocycles. The third kappa shape index (κ3) is 3.10. The Morgan fingerprint density at radius 3 is 2.15 bits per heavy atom. The second-order valence-corrected chi connectivity index (χ2v) is 5.78. The lowest BCUT2D eigenvalue weighted by Crippen LogP contribution is -1.87. The van der Waals surface area contributed by atoms with E-state index < -0.39 is 4.92 Å². The molecule has 1 heterocycles. The number of nitro benzene ring substituents is 1. The first kappa shape index (κ1) is 15.8. The third-order valence-electron chi connectivity index (χ3n) is 4.09. The molecular formula is C21H14N2O3. The Labute approximate surface area is 149 Å². The van der Waals surface area contributed by atoms with E-state index in [1.54, 1.807) is 18.3 Å². The minimum absolute atomic E-state index is 0.00876. The number of nitro groups is 1. The maximum Gasteiger partial charge on any atom is 0.270 e. The smallest absolute Gasteiger partial charge is 0.270 e. The summed E-state index contributed by atoms with van der Waals surface area (Å²) in [7, 11) is 0. The Hall–Kier alpha value is -3.73. The zero-order chi connectivity index (χ0) is 17.9. The summed E-state index contributed by atoms with van der Waals surface area (Å²) in [6.07, 6.45) is 1.63. The quantitative estimate of drug-likeness (QED) is 0.358. The largest absolute Gasteiger partial charge is 0.436 e. The molecule has 4 rings (SSSR count). The van der Waals surface area contributed by atoms with Crippen molar-refractivity contribution in [2.45, 2.75) is 0 Å². The Kier molecular flexibility index (Phi) is 4.03. The van der Waals surface area contributed by atoms with Gasteiger partial charge in [-0.1, -0.05) is 60.7 Å². The van der Waals surface area contributed by atoms with E-state index in [1.165, 1.54) is 12.1 Å². The van der Waals surface area contributed by atoms with Gasteiger partial charge in [0.2, 0.25) is 5.89 Å². The summed E-state index contributed by atoms with van der Waals surface area (Å²) in [4.78, 5) is 14.7. The van der Waals surface area contributed by atoms with Crippen LogP contribution in [0.4, 0.5) is 5.69 Å². The molecule has 0 amide bonds. The minimum Gasteiger partial charge on any atom is -0.436 e. The molecule has 126 valence electrons. The van der Waals surface area contributed by atoms with E-state index >= 15 is 0 Å². The van der Waals surface area contributed by atoms with Crippen molar-refractivity contribution in [3.05, 3.63) is 95.2 Å². The lowest BCUT2D eigenvalue weighted by Gasteiger charge is -2.02. The highest BCUT2D eigenvalue weighted by atomic mass is 16.6. The molecular weight excluding hydrogens is 328 g/mol. The van der Waals surface area contributed by atoms with Crippen LogP contribution in [0.25, 0.3) is 33.9 Å². The van der Waals surface area contributed by atoms with Crippen molar-refractivity contribution in [3.8, 4) is 33.9 Å². The molecule has 0 radical (unpaired) electrons. The van der Waals surface area contributed by atoms with E-state index in [1.807, 2.05) is 42.5 Å². The lowest BCUT2D eigenvalue weighted by atomic mass is 10.0. The molecule has 0 aliphatic carbocycles. The molecule has 1 aromatic heterocycles. The van der Waals surface area contributed by atoms with Gasteiger partial charge in [-0.05, 0) is 17.2 Å². The number of rotatable bonds is 4. The third-order valence-corrected chi connectivity index (χ3v) is 4.09. The molecule has 4 aromatic rings. The monoisotopic (exact) mass is 342 g/mol. The molecule has 0 bridgehead atoms. The van der Waals surface area contributed by atoms with E-state index in [9.17, 15) is 10.1 Å². The summed E-state index contributed by atoms with van der Waals surface area (Å²) < 4.78 is 5.80. The van der Waals surface area contributed by atoms with Crippen molar-refractivity contribution in [2.24, 2.45) is 0 Å². The van der Waals surface area contributed by atoms with Crippen molar-refractivity contribution in [1.29, 1.82) is 0 Å². The van der Waals surface area contributed by atoms with Gasteiger partial charge in [0, 0.05) is 23.3 Å². The predicted molar refractivity (Wildman–Crippen MR) is 99.5 cm³/mol. The second-order valence-electron chi connectivity index (χ2n) is 5.78. The molecule has 26 heavy (non-hydrogen) atoms. The second kappa shape index (κ2) is 6.64. The molecule has 5 heteroatoms. The number of benzene rings is 3. The van der Waals surface area contributed by atoms with Gasteiger partial charge in [0.25, 0.3) is 5.69 Å². The molecule has 3 aromatic carbocycles. The fourth-order valence-corrected chi connectivity index (χ4v) is 2.75. The summed E-state index contributed by atoms with van der Waals surface area (Å²) in [5.41, 5.74) is 3.75. The zero-order valence-electron chi connectivity index (χ0n) is 13.7. The predicted octanol–water partition coefficient (Wildman–Crippen LogP) is 5.58. The van der Waals surface area contributed by atoms with E-state index in [-0.39, 0.29) is 5.69 Å². The zero-order valence-corrected chi connectivity index (χ0v) is 13.7. The normalized spacial score (nSPS) is 10.6. The Morgan fingerprint density at radius 1 is 0.769 bits per heavy atom. The highest BCUT2D eigenvalue weighted by Crippen LogP contribution is 2.29. The van der Waals surface area contributed by atoms with Crippen LogP contribution in [-0.4, -0.2) is 9.91 Å². The standard InChI is InChI=1S/C21H14N2O3/c24-23(25)19-8-4-7-18(13-19)21-22-14-20(26-21)17-11-9-16(10-12-17)15-5-2-1-3-6-15/h1-14H. The number of non-ortho nitro benzene ring substituents is 1. The van der Waals surface area contributed by atoms with Gasteiger partial charge < -0.3 is 4.42 Å². The lowest BCUT2D eigenvalue weighted by molar-refractivity contribution is -0.384. The van der Waals surface area contributed by atoms with Crippen LogP contribution in [0.15, 0.2) is 89.5 Å². The Balaban J connectivity index is 1.62. The van der Waals surface area contributed by atoms with E-state index in [4.69, 9.17) is 4.42 Å². The average molecular weight is 342 g/mol. The van der Waals surface area contributed by atoms with Crippen molar-refractivity contribution in [1.82, 2.24) is 4.98 Å². The van der Waals surface area contributed by atoms with Gasteiger partial charge in [0.15, 0.2) is 5.76 Å². The van der Waals surface area contributed by atoms with Crippen LogP contribution in [0.1, 0.15) is 0 Å². The number of hydrogen-bond donors (Lipinski definition) is 0. The number of nitrogens with zero attached hydrogens (tertiary/aromatic N) is 2. The van der Waals surface area contributed by atoms with Crippen LogP contribution in [0.5, 0.6) is 0 Å². The first-order valence-electron chi connectivity index (χ1n) is 8.07. The van der Waals surface area contributed by atoms with Crippen LogP contribution in [-0.2, 0) is 0 Å². The summed E-state index contributed by atoms with van der Waals surface area (Å²) >= 11 is 0. The maximum absolute atomic E-state index is 10.9. The van der Waals surface area contributed by atoms with Crippen molar-refractivity contribution in [3.63, 3.8) is 0 Å². The topological polar surface area (TPSA) is 69.2 Å². The van der Waals surface area contributed by atoms with Gasteiger partial charge in [0.05, 0.1) is 11.1 Å².